The number of rotatable bonds is 4. The van der Waals surface area contributed by atoms with Crippen molar-refractivity contribution in [1.82, 2.24) is 5.32 Å². The summed E-state index contributed by atoms with van der Waals surface area (Å²) in [4.78, 5) is 10.7. The Bertz CT molecular complexity index is 249. The van der Waals surface area contributed by atoms with E-state index >= 15 is 0 Å². The van der Waals surface area contributed by atoms with Crippen LogP contribution in [0.5, 0.6) is 0 Å². The number of halogens is 3. The van der Waals surface area contributed by atoms with Gasteiger partial charge in [0.25, 0.3) is 0 Å². The van der Waals surface area contributed by atoms with Crippen molar-refractivity contribution in [3.8, 4) is 0 Å². The normalized spacial score (nSPS) is 17.1. The Morgan fingerprint density at radius 1 is 1.43 bits per heavy atom. The predicted molar refractivity (Wildman–Crippen MR) is 48.8 cm³/mol. The molecule has 0 amide bonds. The van der Waals surface area contributed by atoms with E-state index in [4.69, 9.17) is 0 Å². The molecule has 14 heavy (non-hydrogen) atoms. The van der Waals surface area contributed by atoms with E-state index in [2.05, 4.69) is 5.32 Å². The molecule has 0 fully saturated rings. The van der Waals surface area contributed by atoms with Gasteiger partial charge in [0, 0.05) is 30.5 Å². The van der Waals surface area contributed by atoms with Crippen molar-refractivity contribution in [1.29, 1.82) is 0 Å². The number of nitrogens with one attached hydrogen (secondary N) is 1. The van der Waals surface area contributed by atoms with Crippen LogP contribution in [0.4, 0.5) is 13.2 Å². The molecule has 0 radical (unpaired) electrons. The van der Waals surface area contributed by atoms with Gasteiger partial charge in [0.2, 0.25) is 0 Å². The summed E-state index contributed by atoms with van der Waals surface area (Å²) < 4.78 is 35.1. The standard InChI is InChI=1S/C8H10F3NOS/c9-8(10,11)14-4-3-12-6-1-2-7(13)5-6/h5,12H,1-4H2. The molecule has 0 saturated carbocycles. The number of carbonyl (C=O) groups excluding carboxylic acids is 1. The minimum Gasteiger partial charge on any atom is -0.387 e. The zero-order valence-electron chi connectivity index (χ0n) is 7.36. The smallest absolute Gasteiger partial charge is 0.387 e. The second-order valence-electron chi connectivity index (χ2n) is 2.86. The zero-order valence-corrected chi connectivity index (χ0v) is 8.17. The quantitative estimate of drug-likeness (QED) is 0.743. The van der Waals surface area contributed by atoms with Crippen molar-refractivity contribution in [2.75, 3.05) is 12.3 Å². The highest BCUT2D eigenvalue weighted by molar-refractivity contribution is 8.00. The fourth-order valence-electron chi connectivity index (χ4n) is 1.11. The molecule has 0 aromatic carbocycles. The molecule has 0 spiro atoms. The first-order valence-corrected chi connectivity index (χ1v) is 5.14. The van der Waals surface area contributed by atoms with Gasteiger partial charge in [-0.05, 0) is 18.2 Å². The van der Waals surface area contributed by atoms with Gasteiger partial charge in [0.15, 0.2) is 5.78 Å². The van der Waals surface area contributed by atoms with Crippen LogP contribution in [0.1, 0.15) is 12.8 Å². The summed E-state index contributed by atoms with van der Waals surface area (Å²) in [5.41, 5.74) is -3.42. The third-order valence-corrected chi connectivity index (χ3v) is 2.43. The Morgan fingerprint density at radius 3 is 2.64 bits per heavy atom. The van der Waals surface area contributed by atoms with Crippen molar-refractivity contribution in [3.63, 3.8) is 0 Å². The molecule has 2 nitrogen and oxygen atoms in total. The van der Waals surface area contributed by atoms with Crippen LogP contribution in [0.15, 0.2) is 11.8 Å². The fraction of sp³-hybridized carbons (Fsp3) is 0.625. The third-order valence-electron chi connectivity index (χ3n) is 1.70. The first-order chi connectivity index (χ1) is 6.47. The summed E-state index contributed by atoms with van der Waals surface area (Å²) >= 11 is -0.0569. The topological polar surface area (TPSA) is 29.1 Å². The second-order valence-corrected chi connectivity index (χ2v) is 4.02. The average molecular weight is 225 g/mol. The number of thioether (sulfide) groups is 1. The lowest BCUT2D eigenvalue weighted by atomic mass is 10.3. The van der Waals surface area contributed by atoms with Crippen molar-refractivity contribution >= 4 is 17.5 Å². The Hall–Kier alpha value is -0.650. The minimum absolute atomic E-state index is 0.0327. The van der Waals surface area contributed by atoms with Crippen LogP contribution >= 0.6 is 11.8 Å². The molecule has 1 aliphatic carbocycles. The third kappa shape index (κ3) is 4.55. The molecular formula is C8H10F3NOS. The Kier molecular flexibility index (Phi) is 3.86. The molecule has 0 bridgehead atoms. The van der Waals surface area contributed by atoms with E-state index in [-0.39, 0.29) is 29.8 Å². The highest BCUT2D eigenvalue weighted by atomic mass is 32.2. The number of hydrogen-bond donors (Lipinski definition) is 1. The van der Waals surface area contributed by atoms with Gasteiger partial charge in [-0.2, -0.15) is 13.2 Å². The summed E-state index contributed by atoms with van der Waals surface area (Å²) in [6, 6.07) is 0. The maximum absolute atomic E-state index is 11.7. The highest BCUT2D eigenvalue weighted by Gasteiger charge is 2.27. The number of ketones is 1. The predicted octanol–water partition coefficient (Wildman–Crippen LogP) is 2.08. The largest absolute Gasteiger partial charge is 0.441 e. The van der Waals surface area contributed by atoms with Crippen molar-refractivity contribution in [3.05, 3.63) is 11.8 Å². The van der Waals surface area contributed by atoms with E-state index in [1.165, 1.54) is 6.08 Å². The van der Waals surface area contributed by atoms with Gasteiger partial charge in [-0.15, -0.1) is 0 Å². The van der Waals surface area contributed by atoms with Crippen molar-refractivity contribution < 1.29 is 18.0 Å². The first-order valence-electron chi connectivity index (χ1n) is 4.15. The van der Waals surface area contributed by atoms with Crippen LogP contribution in [-0.4, -0.2) is 23.6 Å². The summed E-state index contributed by atoms with van der Waals surface area (Å²) in [5.74, 6) is 0.00523. The number of hydrogen-bond acceptors (Lipinski definition) is 3. The lowest BCUT2D eigenvalue weighted by molar-refractivity contribution is -0.114. The zero-order chi connectivity index (χ0) is 10.6. The molecule has 6 heteroatoms. The van der Waals surface area contributed by atoms with E-state index in [1.807, 2.05) is 0 Å². The second kappa shape index (κ2) is 4.72. The minimum atomic E-state index is -4.17. The molecule has 1 N–H and O–H groups in total. The van der Waals surface area contributed by atoms with Crippen molar-refractivity contribution in [2.45, 2.75) is 18.3 Å². The lowest BCUT2D eigenvalue weighted by Crippen LogP contribution is -2.17. The van der Waals surface area contributed by atoms with Crippen LogP contribution in [0.25, 0.3) is 0 Å². The average Bonchev–Trinajstić information content (AvgIpc) is 2.44. The lowest BCUT2D eigenvalue weighted by Gasteiger charge is -2.07. The molecule has 0 aromatic heterocycles. The molecule has 0 aliphatic heterocycles. The van der Waals surface area contributed by atoms with Crippen LogP contribution in [0, 0.1) is 0 Å². The van der Waals surface area contributed by atoms with Gasteiger partial charge in [-0.25, -0.2) is 0 Å². The summed E-state index contributed by atoms with van der Waals surface area (Å²) in [6.45, 7) is 0.239. The Labute approximate surface area is 83.9 Å². The van der Waals surface area contributed by atoms with Gasteiger partial charge in [-0.3, -0.25) is 4.79 Å². The molecule has 0 unspecified atom stereocenters. The summed E-state index contributed by atoms with van der Waals surface area (Å²) in [5, 5.41) is 2.80. The SMILES string of the molecule is O=C1C=C(NCCSC(F)(F)F)CC1. The van der Waals surface area contributed by atoms with Crippen LogP contribution in [0.2, 0.25) is 0 Å². The molecule has 1 rings (SSSR count). The van der Waals surface area contributed by atoms with Crippen LogP contribution in [-0.2, 0) is 4.79 Å². The van der Waals surface area contributed by atoms with E-state index in [9.17, 15) is 18.0 Å². The van der Waals surface area contributed by atoms with E-state index < -0.39 is 5.51 Å². The molecule has 1 aliphatic rings. The monoisotopic (exact) mass is 225 g/mol. The Balaban J connectivity index is 2.10. The van der Waals surface area contributed by atoms with Gasteiger partial charge >= 0.3 is 5.51 Å². The molecule has 0 atom stereocenters. The van der Waals surface area contributed by atoms with E-state index in [0.29, 0.717) is 12.8 Å². The highest BCUT2D eigenvalue weighted by Crippen LogP contribution is 2.29. The maximum Gasteiger partial charge on any atom is 0.441 e. The van der Waals surface area contributed by atoms with E-state index in [0.717, 1.165) is 5.70 Å². The van der Waals surface area contributed by atoms with Gasteiger partial charge in [0.05, 0.1) is 0 Å². The number of alkyl halides is 3. The molecule has 0 saturated heterocycles. The molecule has 0 heterocycles. The van der Waals surface area contributed by atoms with E-state index in [1.54, 1.807) is 0 Å². The Morgan fingerprint density at radius 2 is 2.14 bits per heavy atom. The number of allylic oxidation sites excluding steroid dienone is 2. The van der Waals surface area contributed by atoms with Crippen molar-refractivity contribution in [2.24, 2.45) is 0 Å². The first kappa shape index (κ1) is 11.4. The molecule has 80 valence electrons. The summed E-state index contributed by atoms with van der Waals surface area (Å²) in [7, 11) is 0. The van der Waals surface area contributed by atoms with Gasteiger partial charge in [0.1, 0.15) is 0 Å². The van der Waals surface area contributed by atoms with Crippen LogP contribution in [0.3, 0.4) is 0 Å². The van der Waals surface area contributed by atoms with Crippen LogP contribution < -0.4 is 5.32 Å². The van der Waals surface area contributed by atoms with Gasteiger partial charge in [-0.1, -0.05) is 0 Å². The number of carbonyl (C=O) groups is 1. The molecule has 0 aromatic rings. The van der Waals surface area contributed by atoms with Gasteiger partial charge < -0.3 is 5.32 Å². The maximum atomic E-state index is 11.7. The fourth-order valence-corrected chi connectivity index (χ4v) is 1.55. The summed E-state index contributed by atoms with van der Waals surface area (Å²) in [6.07, 6.45) is 2.54. The molecular weight excluding hydrogens is 215 g/mol.